The molecule has 1 N–H and O–H groups in total. The van der Waals surface area contributed by atoms with Gasteiger partial charge in [0.25, 0.3) is 7.41 Å². The Kier molecular flexibility index (Phi) is 7.04. The Morgan fingerprint density at radius 2 is 2.00 bits per heavy atom. The molecule has 5 nitrogen and oxygen atoms in total. The van der Waals surface area contributed by atoms with E-state index in [2.05, 4.69) is 5.23 Å². The highest BCUT2D eigenvalue weighted by Gasteiger charge is 2.25. The van der Waals surface area contributed by atoms with Gasteiger partial charge in [0.1, 0.15) is 17.4 Å². The topological polar surface area (TPSA) is 64.6 Å². The first kappa shape index (κ1) is 18.2. The first-order valence-electron chi connectivity index (χ1n) is 6.89. The number of carbonyl (C=O) groups excluding carboxylic acids is 2. The van der Waals surface area contributed by atoms with Crippen LogP contribution >= 0.6 is 0 Å². The van der Waals surface area contributed by atoms with Crippen molar-refractivity contribution in [2.75, 3.05) is 6.86 Å². The number of hydrogen-bond donors (Lipinski definition) is 1. The third-order valence-corrected chi connectivity index (χ3v) is 2.64. The molecule has 0 aliphatic heterocycles. The Morgan fingerprint density at radius 3 is 2.50 bits per heavy atom. The van der Waals surface area contributed by atoms with E-state index in [4.69, 9.17) is 9.47 Å². The zero-order valence-corrected chi connectivity index (χ0v) is 13.0. The van der Waals surface area contributed by atoms with Crippen molar-refractivity contribution in [2.24, 2.45) is 0 Å². The van der Waals surface area contributed by atoms with Crippen molar-refractivity contribution >= 4 is 19.6 Å². The minimum absolute atomic E-state index is 0.329. The summed E-state index contributed by atoms with van der Waals surface area (Å²) in [5, 5.41) is 2.72. The summed E-state index contributed by atoms with van der Waals surface area (Å²) in [6.07, 6.45) is 0.894. The van der Waals surface area contributed by atoms with E-state index in [-0.39, 0.29) is 0 Å². The second-order valence-corrected chi connectivity index (χ2v) is 5.66. The number of benzene rings is 1. The third-order valence-electron chi connectivity index (χ3n) is 2.64. The van der Waals surface area contributed by atoms with Gasteiger partial charge in [-0.15, -0.1) is 0 Å². The van der Waals surface area contributed by atoms with Gasteiger partial charge >= 0.3 is 5.97 Å². The number of halogens is 1. The summed E-state index contributed by atoms with van der Waals surface area (Å²) < 4.78 is 22.1. The molecule has 0 spiro atoms. The lowest BCUT2D eigenvalue weighted by molar-refractivity contribution is -0.156. The largest absolute Gasteiger partial charge is 0.463 e. The van der Waals surface area contributed by atoms with Gasteiger partial charge < -0.3 is 19.5 Å². The molecule has 0 bridgehead atoms. The van der Waals surface area contributed by atoms with E-state index in [1.165, 1.54) is 0 Å². The van der Waals surface area contributed by atoms with E-state index in [1.54, 1.807) is 45.0 Å². The highest BCUT2D eigenvalue weighted by molar-refractivity contribution is 6.64. The van der Waals surface area contributed by atoms with Crippen molar-refractivity contribution < 1.29 is 23.5 Å². The van der Waals surface area contributed by atoms with Gasteiger partial charge in [0, 0.05) is 0 Å². The van der Waals surface area contributed by atoms with Crippen LogP contribution in [0.4, 0.5) is 4.39 Å². The Balaban J connectivity index is 2.75. The lowest BCUT2D eigenvalue weighted by Crippen LogP contribution is -2.44. The molecule has 1 atom stereocenters. The van der Waals surface area contributed by atoms with E-state index in [0.29, 0.717) is 18.4 Å². The van der Waals surface area contributed by atoms with E-state index in [0.717, 1.165) is 13.0 Å². The van der Waals surface area contributed by atoms with Crippen molar-refractivity contribution in [3.63, 3.8) is 0 Å². The fraction of sp³-hybridized carbons (Fsp3) is 0.467. The summed E-state index contributed by atoms with van der Waals surface area (Å²) in [6, 6.07) is 6.00. The second-order valence-electron chi connectivity index (χ2n) is 5.66. The minimum atomic E-state index is -0.893. The number of esters is 1. The van der Waals surface area contributed by atoms with Crippen LogP contribution in [0.5, 0.6) is 5.75 Å². The van der Waals surface area contributed by atoms with Crippen molar-refractivity contribution in [1.82, 2.24) is 5.23 Å². The number of hydrogen-bond acceptors (Lipinski definition) is 5. The molecule has 119 valence electrons. The zero-order valence-electron chi connectivity index (χ0n) is 13.0. The highest BCUT2D eigenvalue weighted by Crippen LogP contribution is 2.15. The molecule has 7 heteroatoms. The zero-order chi connectivity index (χ0) is 16.6. The van der Waals surface area contributed by atoms with E-state index in [9.17, 15) is 14.0 Å². The maximum atomic E-state index is 12.1. The summed E-state index contributed by atoms with van der Waals surface area (Å²) in [7, 11) is 1.16. The number of carbonyl (C=O) groups is 2. The van der Waals surface area contributed by atoms with Crippen LogP contribution in [0, 0.1) is 0 Å². The lowest BCUT2D eigenvalue weighted by Gasteiger charge is -2.24. The normalized spacial score (nSPS) is 12.4. The number of rotatable bonds is 8. The molecular formula is C15H20BFNO4. The molecule has 0 aliphatic rings. The molecule has 22 heavy (non-hydrogen) atoms. The van der Waals surface area contributed by atoms with Gasteiger partial charge in [-0.1, -0.05) is 12.1 Å². The lowest BCUT2D eigenvalue weighted by atomic mass is 9.94. The Morgan fingerprint density at radius 1 is 1.36 bits per heavy atom. The first-order chi connectivity index (χ1) is 10.4. The smallest absolute Gasteiger partial charge is 0.322 e. The predicted octanol–water partition coefficient (Wildman–Crippen LogP) is 1.64. The molecule has 1 rings (SSSR count). The molecule has 1 aromatic rings. The molecule has 0 heterocycles. The van der Waals surface area contributed by atoms with Crippen LogP contribution in [0.25, 0.3) is 0 Å². The molecule has 1 radical (unpaired) electrons. The average molecular weight is 308 g/mol. The van der Waals surface area contributed by atoms with Gasteiger partial charge in [-0.05, 0) is 44.9 Å². The van der Waals surface area contributed by atoms with Gasteiger partial charge in [0.05, 0.1) is 6.19 Å². The second kappa shape index (κ2) is 8.53. The van der Waals surface area contributed by atoms with Crippen molar-refractivity contribution in [3.8, 4) is 5.75 Å². The van der Waals surface area contributed by atoms with E-state index < -0.39 is 24.5 Å². The van der Waals surface area contributed by atoms with E-state index >= 15 is 0 Å². The maximum absolute atomic E-state index is 12.1. The summed E-state index contributed by atoms with van der Waals surface area (Å²) in [5.74, 6) is -0.0397. The van der Waals surface area contributed by atoms with Gasteiger partial charge in [-0.25, -0.2) is 4.39 Å². The number of ether oxygens (including phenoxy) is 2. The van der Waals surface area contributed by atoms with Crippen LogP contribution < -0.4 is 9.96 Å². The molecular weight excluding hydrogens is 288 g/mol. The Hall–Kier alpha value is -1.89. The maximum Gasteiger partial charge on any atom is 0.322 e. The van der Waals surface area contributed by atoms with Crippen molar-refractivity contribution in [3.05, 3.63) is 29.8 Å². The van der Waals surface area contributed by atoms with Gasteiger partial charge in [-0.3, -0.25) is 4.79 Å². The molecule has 0 aromatic heterocycles. The summed E-state index contributed by atoms with van der Waals surface area (Å²) in [5.41, 5.74) is 0.214. The number of alkyl halides is 1. The monoisotopic (exact) mass is 308 g/mol. The van der Waals surface area contributed by atoms with Crippen LogP contribution in [-0.2, 0) is 20.7 Å². The summed E-state index contributed by atoms with van der Waals surface area (Å²) >= 11 is 0. The Labute approximate surface area is 130 Å². The van der Waals surface area contributed by atoms with Crippen LogP contribution in [-0.4, -0.2) is 38.1 Å². The van der Waals surface area contributed by atoms with Crippen molar-refractivity contribution in [1.29, 1.82) is 0 Å². The molecule has 1 aromatic carbocycles. The SMILES string of the molecule is CC(C)(C)OC(=O)[C@H](Cc1ccc(OCF)cc1)N[B]C=O. The molecule has 0 amide bonds. The number of nitrogens with one attached hydrogen (secondary N) is 1. The van der Waals surface area contributed by atoms with Crippen LogP contribution in [0.2, 0.25) is 0 Å². The van der Waals surface area contributed by atoms with Crippen LogP contribution in [0.1, 0.15) is 26.3 Å². The fourth-order valence-electron chi connectivity index (χ4n) is 1.76. The molecule has 0 unspecified atom stereocenters. The highest BCUT2D eigenvalue weighted by atomic mass is 19.1. The van der Waals surface area contributed by atoms with Gasteiger partial charge in [-0.2, -0.15) is 0 Å². The molecule has 0 saturated heterocycles. The van der Waals surface area contributed by atoms with Crippen LogP contribution in [0.3, 0.4) is 0 Å². The standard InChI is InChI=1S/C15H20BFNO4/c1-15(2,3)22-14(20)13(18-16-9-19)8-11-4-6-12(7-5-11)21-10-17/h4-7,9,13,18H,8,10H2,1-3H3/t13-/m0/s1. The average Bonchev–Trinajstić information content (AvgIpc) is 2.43. The van der Waals surface area contributed by atoms with Gasteiger partial charge in [0.2, 0.25) is 6.86 Å². The predicted molar refractivity (Wildman–Crippen MR) is 82.0 cm³/mol. The molecule has 0 saturated carbocycles. The third kappa shape index (κ3) is 6.71. The Bertz CT molecular complexity index is 487. The van der Waals surface area contributed by atoms with E-state index in [1.807, 2.05) is 0 Å². The summed E-state index contributed by atoms with van der Waals surface area (Å²) in [4.78, 5) is 22.6. The quantitative estimate of drug-likeness (QED) is 0.449. The minimum Gasteiger partial charge on any atom is -0.463 e. The van der Waals surface area contributed by atoms with Gasteiger partial charge in [0.15, 0.2) is 0 Å². The first-order valence-corrected chi connectivity index (χ1v) is 6.89. The van der Waals surface area contributed by atoms with Crippen molar-refractivity contribution in [2.45, 2.75) is 38.8 Å². The molecule has 0 fully saturated rings. The van der Waals surface area contributed by atoms with Crippen LogP contribution in [0.15, 0.2) is 24.3 Å². The summed E-state index contributed by atoms with van der Waals surface area (Å²) in [6.45, 7) is 4.42. The molecule has 0 aliphatic carbocycles. The fourth-order valence-corrected chi connectivity index (χ4v) is 1.76.